The monoisotopic (exact) mass is 256 g/mol. The van der Waals surface area contributed by atoms with Crippen LogP contribution in [0.15, 0.2) is 46.9 Å². The van der Waals surface area contributed by atoms with Crippen LogP contribution < -0.4 is 4.74 Å². The maximum atomic E-state index is 11.0. The molecule has 0 unspecified atom stereocenters. The normalized spacial score (nSPS) is 10.8. The lowest BCUT2D eigenvalue weighted by Crippen LogP contribution is -2.12. The lowest BCUT2D eigenvalue weighted by molar-refractivity contribution is -0.142. The third-order valence-corrected chi connectivity index (χ3v) is 2.93. The minimum Gasteiger partial charge on any atom is -0.482 e. The van der Waals surface area contributed by atoms with Crippen molar-refractivity contribution >= 4 is 27.9 Å². The van der Waals surface area contributed by atoms with Crippen molar-refractivity contribution in [2.24, 2.45) is 0 Å². The zero-order valence-electron chi connectivity index (χ0n) is 10.4. The summed E-state index contributed by atoms with van der Waals surface area (Å²) < 4.78 is 15.6. The highest BCUT2D eigenvalue weighted by Gasteiger charge is 2.08. The van der Waals surface area contributed by atoms with Gasteiger partial charge in [0, 0.05) is 10.8 Å². The van der Waals surface area contributed by atoms with E-state index in [1.165, 1.54) is 7.11 Å². The molecule has 0 saturated carbocycles. The summed E-state index contributed by atoms with van der Waals surface area (Å²) in [5.41, 5.74) is 1.63. The molecule has 0 radical (unpaired) electrons. The number of carbonyl (C=O) groups excluding carboxylic acids is 1. The highest BCUT2D eigenvalue weighted by molar-refractivity contribution is 6.05. The summed E-state index contributed by atoms with van der Waals surface area (Å²) in [6, 6.07) is 13.3. The first-order valence-corrected chi connectivity index (χ1v) is 5.89. The lowest BCUT2D eigenvalue weighted by Gasteiger charge is -2.04. The van der Waals surface area contributed by atoms with Gasteiger partial charge in [-0.05, 0) is 24.3 Å². The number of methoxy groups -OCH3 is 1. The highest BCUT2D eigenvalue weighted by atomic mass is 16.6. The second-order valence-corrected chi connectivity index (χ2v) is 4.12. The van der Waals surface area contributed by atoms with E-state index >= 15 is 0 Å². The molecular weight excluding hydrogens is 244 g/mol. The first-order chi connectivity index (χ1) is 9.28. The molecule has 4 nitrogen and oxygen atoms in total. The van der Waals surface area contributed by atoms with Gasteiger partial charge in [-0.3, -0.25) is 0 Å². The average Bonchev–Trinajstić information content (AvgIpc) is 2.82. The van der Waals surface area contributed by atoms with Crippen molar-refractivity contribution in [3.63, 3.8) is 0 Å². The van der Waals surface area contributed by atoms with Crippen LogP contribution in [0.25, 0.3) is 21.9 Å². The van der Waals surface area contributed by atoms with Gasteiger partial charge >= 0.3 is 5.97 Å². The Bertz CT molecular complexity index is 742. The SMILES string of the molecule is COC(=O)COc1ccc2oc3ccccc3c2c1. The highest BCUT2D eigenvalue weighted by Crippen LogP contribution is 2.31. The molecule has 0 aliphatic rings. The molecule has 0 aliphatic heterocycles. The standard InChI is InChI=1S/C15H12O4/c1-17-15(16)9-18-10-6-7-14-12(8-10)11-4-2-3-5-13(11)19-14/h2-8H,9H2,1H3. The molecule has 0 fully saturated rings. The number of carbonyl (C=O) groups is 1. The fourth-order valence-corrected chi connectivity index (χ4v) is 2.00. The van der Waals surface area contributed by atoms with Gasteiger partial charge in [-0.2, -0.15) is 0 Å². The Balaban J connectivity index is 1.99. The molecule has 0 atom stereocenters. The maximum Gasteiger partial charge on any atom is 0.343 e. The Labute approximate surface area is 109 Å². The van der Waals surface area contributed by atoms with Crippen molar-refractivity contribution in [1.29, 1.82) is 0 Å². The molecule has 1 heterocycles. The van der Waals surface area contributed by atoms with Crippen molar-refractivity contribution in [3.05, 3.63) is 42.5 Å². The Morgan fingerprint density at radius 2 is 1.89 bits per heavy atom. The maximum absolute atomic E-state index is 11.0. The number of hydrogen-bond donors (Lipinski definition) is 0. The Hall–Kier alpha value is -2.49. The van der Waals surface area contributed by atoms with Crippen molar-refractivity contribution in [2.45, 2.75) is 0 Å². The Kier molecular flexibility index (Phi) is 2.83. The van der Waals surface area contributed by atoms with Crippen LogP contribution in [-0.4, -0.2) is 19.7 Å². The minimum absolute atomic E-state index is 0.0994. The van der Waals surface area contributed by atoms with Crippen LogP contribution in [0.4, 0.5) is 0 Å². The van der Waals surface area contributed by atoms with E-state index in [4.69, 9.17) is 9.15 Å². The number of ether oxygens (including phenoxy) is 2. The smallest absolute Gasteiger partial charge is 0.343 e. The summed E-state index contributed by atoms with van der Waals surface area (Å²) in [5.74, 6) is 0.210. The number of esters is 1. The number of furan rings is 1. The van der Waals surface area contributed by atoms with E-state index < -0.39 is 5.97 Å². The topological polar surface area (TPSA) is 48.7 Å². The van der Waals surface area contributed by atoms with Crippen LogP contribution in [0.5, 0.6) is 5.75 Å². The summed E-state index contributed by atoms with van der Waals surface area (Å²) in [6.45, 7) is -0.0994. The zero-order valence-corrected chi connectivity index (χ0v) is 10.4. The van der Waals surface area contributed by atoms with Gasteiger partial charge < -0.3 is 13.9 Å². The molecule has 0 spiro atoms. The second kappa shape index (κ2) is 4.65. The first kappa shape index (κ1) is 11.6. The summed E-state index contributed by atoms with van der Waals surface area (Å²) >= 11 is 0. The van der Waals surface area contributed by atoms with Crippen LogP contribution in [0.3, 0.4) is 0 Å². The lowest BCUT2D eigenvalue weighted by atomic mass is 10.1. The number of rotatable bonds is 3. The molecule has 0 amide bonds. The van der Waals surface area contributed by atoms with E-state index in [1.807, 2.05) is 36.4 Å². The van der Waals surface area contributed by atoms with Gasteiger partial charge in [-0.1, -0.05) is 18.2 Å². The predicted molar refractivity (Wildman–Crippen MR) is 71.2 cm³/mol. The molecule has 4 heteroatoms. The van der Waals surface area contributed by atoms with E-state index in [-0.39, 0.29) is 6.61 Å². The molecular formula is C15H12O4. The van der Waals surface area contributed by atoms with Crippen LogP contribution in [0.2, 0.25) is 0 Å². The Morgan fingerprint density at radius 1 is 1.11 bits per heavy atom. The average molecular weight is 256 g/mol. The van der Waals surface area contributed by atoms with Crippen molar-refractivity contribution in [1.82, 2.24) is 0 Å². The molecule has 0 saturated heterocycles. The molecule has 0 aliphatic carbocycles. The van der Waals surface area contributed by atoms with Crippen LogP contribution in [0, 0.1) is 0 Å². The van der Waals surface area contributed by atoms with Crippen molar-refractivity contribution in [3.8, 4) is 5.75 Å². The van der Waals surface area contributed by atoms with E-state index in [0.717, 1.165) is 21.9 Å². The Morgan fingerprint density at radius 3 is 2.74 bits per heavy atom. The van der Waals surface area contributed by atoms with E-state index in [2.05, 4.69) is 4.74 Å². The number of fused-ring (bicyclic) bond motifs is 3. The van der Waals surface area contributed by atoms with Gasteiger partial charge in [-0.25, -0.2) is 4.79 Å². The van der Waals surface area contributed by atoms with E-state index in [9.17, 15) is 4.79 Å². The third-order valence-electron chi connectivity index (χ3n) is 2.93. The number of hydrogen-bond acceptors (Lipinski definition) is 4. The van der Waals surface area contributed by atoms with Gasteiger partial charge in [-0.15, -0.1) is 0 Å². The molecule has 96 valence electrons. The number of benzene rings is 2. The fourth-order valence-electron chi connectivity index (χ4n) is 2.00. The van der Waals surface area contributed by atoms with E-state index in [1.54, 1.807) is 6.07 Å². The number of para-hydroxylation sites is 1. The van der Waals surface area contributed by atoms with E-state index in [0.29, 0.717) is 5.75 Å². The van der Waals surface area contributed by atoms with Gasteiger partial charge in [0.2, 0.25) is 0 Å². The minimum atomic E-state index is -0.405. The summed E-state index contributed by atoms with van der Waals surface area (Å²) in [7, 11) is 1.33. The fraction of sp³-hybridized carbons (Fsp3) is 0.133. The van der Waals surface area contributed by atoms with Gasteiger partial charge in [0.1, 0.15) is 16.9 Å². The summed E-state index contributed by atoms with van der Waals surface area (Å²) in [5, 5.41) is 2.00. The summed E-state index contributed by atoms with van der Waals surface area (Å²) in [6.07, 6.45) is 0. The van der Waals surface area contributed by atoms with Crippen LogP contribution in [0.1, 0.15) is 0 Å². The van der Waals surface area contributed by atoms with Crippen molar-refractivity contribution in [2.75, 3.05) is 13.7 Å². The van der Waals surface area contributed by atoms with Gasteiger partial charge in [0.05, 0.1) is 7.11 Å². The van der Waals surface area contributed by atoms with Crippen LogP contribution >= 0.6 is 0 Å². The second-order valence-electron chi connectivity index (χ2n) is 4.12. The molecule has 2 aromatic carbocycles. The molecule has 3 aromatic rings. The molecule has 0 N–H and O–H groups in total. The predicted octanol–water partition coefficient (Wildman–Crippen LogP) is 3.14. The van der Waals surface area contributed by atoms with Gasteiger partial charge in [0.15, 0.2) is 6.61 Å². The molecule has 1 aromatic heterocycles. The van der Waals surface area contributed by atoms with Gasteiger partial charge in [0.25, 0.3) is 0 Å². The van der Waals surface area contributed by atoms with Crippen molar-refractivity contribution < 1.29 is 18.7 Å². The largest absolute Gasteiger partial charge is 0.482 e. The summed E-state index contributed by atoms with van der Waals surface area (Å²) in [4.78, 5) is 11.0. The zero-order chi connectivity index (χ0) is 13.2. The molecule has 19 heavy (non-hydrogen) atoms. The van der Waals surface area contributed by atoms with Crippen LogP contribution in [-0.2, 0) is 9.53 Å². The quantitative estimate of drug-likeness (QED) is 0.675. The molecule has 3 rings (SSSR count). The molecule has 0 bridgehead atoms. The first-order valence-electron chi connectivity index (χ1n) is 5.89. The third kappa shape index (κ3) is 2.12.